The van der Waals surface area contributed by atoms with Gasteiger partial charge >= 0.3 is 6.18 Å². The quantitative estimate of drug-likeness (QED) is 0.407. The lowest BCUT2D eigenvalue weighted by Gasteiger charge is -2.40. The van der Waals surface area contributed by atoms with Crippen molar-refractivity contribution in [3.8, 4) is 5.75 Å². The number of carbonyl (C=O) groups excluding carboxylic acids is 1. The Labute approximate surface area is 212 Å². The lowest BCUT2D eigenvalue weighted by atomic mass is 9.94. The monoisotopic (exact) mass is 541 g/mol. The number of rotatable bonds is 1. The molecule has 6 nitrogen and oxygen atoms in total. The molecule has 0 saturated carbocycles. The molecule has 12 heteroatoms. The maximum Gasteiger partial charge on any atom is 0.388 e. The first-order valence-corrected chi connectivity index (χ1v) is 12.1. The zero-order valence-corrected chi connectivity index (χ0v) is 20.3. The van der Waals surface area contributed by atoms with Crippen molar-refractivity contribution in [3.63, 3.8) is 0 Å². The number of benzene rings is 2. The summed E-state index contributed by atoms with van der Waals surface area (Å²) >= 11 is 7.93. The Morgan fingerprint density at radius 3 is 2.50 bits per heavy atom. The van der Waals surface area contributed by atoms with Gasteiger partial charge in [-0.3, -0.25) is 19.3 Å². The van der Waals surface area contributed by atoms with Crippen molar-refractivity contribution >= 4 is 29.3 Å². The van der Waals surface area contributed by atoms with E-state index >= 15 is 0 Å². The van der Waals surface area contributed by atoms with Crippen LogP contribution in [-0.4, -0.2) is 28.5 Å². The summed E-state index contributed by atoms with van der Waals surface area (Å²) in [6, 6.07) is 11.1. The topological polar surface area (TPSA) is 74.6 Å². The van der Waals surface area contributed by atoms with Gasteiger partial charge in [-0.2, -0.15) is 13.2 Å². The van der Waals surface area contributed by atoms with E-state index in [0.29, 0.717) is 16.3 Å². The fourth-order valence-corrected chi connectivity index (χ4v) is 5.47. The minimum Gasteiger partial charge on any atom is -0.502 e. The molecule has 3 aromatic rings. The van der Waals surface area contributed by atoms with Gasteiger partial charge in [0.2, 0.25) is 5.43 Å². The molecule has 190 valence electrons. The molecule has 2 aliphatic heterocycles. The highest BCUT2D eigenvalue weighted by atomic mass is 35.5. The van der Waals surface area contributed by atoms with Crippen LogP contribution in [0, 0.1) is 5.82 Å². The summed E-state index contributed by atoms with van der Waals surface area (Å²) in [6.07, 6.45) is -3.25. The second-order valence-electron chi connectivity index (χ2n) is 7.95. The lowest BCUT2D eigenvalue weighted by Crippen LogP contribution is -2.53. The van der Waals surface area contributed by atoms with Crippen LogP contribution in [0.25, 0.3) is 0 Å². The van der Waals surface area contributed by atoms with Gasteiger partial charge in [-0.25, -0.2) is 4.39 Å². The van der Waals surface area contributed by atoms with Gasteiger partial charge < -0.3 is 10.4 Å². The first-order chi connectivity index (χ1) is 17.0. The number of carbonyl (C=O) groups is 1. The van der Waals surface area contributed by atoms with E-state index in [9.17, 15) is 32.3 Å². The van der Waals surface area contributed by atoms with Gasteiger partial charge in [0.05, 0.1) is 11.1 Å². The van der Waals surface area contributed by atoms with Crippen molar-refractivity contribution in [3.05, 3.63) is 92.1 Å². The molecule has 0 saturated heterocycles. The smallest absolute Gasteiger partial charge is 0.388 e. The molecule has 0 unspecified atom stereocenters. The Kier molecular flexibility index (Phi) is 7.24. The van der Waals surface area contributed by atoms with Gasteiger partial charge in [0.1, 0.15) is 12.5 Å². The van der Waals surface area contributed by atoms with E-state index in [4.69, 9.17) is 11.6 Å². The Bertz CT molecular complexity index is 1330. The number of halogens is 5. The summed E-state index contributed by atoms with van der Waals surface area (Å²) in [7, 11) is 0. The summed E-state index contributed by atoms with van der Waals surface area (Å²) in [5, 5.41) is 15.3. The van der Waals surface area contributed by atoms with Gasteiger partial charge in [0, 0.05) is 34.9 Å². The molecule has 0 bridgehead atoms. The van der Waals surface area contributed by atoms with Crippen LogP contribution in [0.4, 0.5) is 17.6 Å². The maximum atomic E-state index is 14.8. The van der Waals surface area contributed by atoms with Crippen molar-refractivity contribution in [2.24, 2.45) is 0 Å². The molecule has 0 fully saturated rings. The Morgan fingerprint density at radius 1 is 1.14 bits per heavy atom. The number of amides is 1. The number of alkyl halides is 3. The molecule has 1 aromatic heterocycles. The van der Waals surface area contributed by atoms with Gasteiger partial charge in [0.15, 0.2) is 11.4 Å². The first kappa shape index (κ1) is 25.9. The van der Waals surface area contributed by atoms with Crippen LogP contribution >= 0.6 is 23.4 Å². The van der Waals surface area contributed by atoms with Crippen molar-refractivity contribution in [2.45, 2.75) is 36.2 Å². The van der Waals surface area contributed by atoms with E-state index in [0.717, 1.165) is 22.9 Å². The summed E-state index contributed by atoms with van der Waals surface area (Å²) in [6.45, 7) is 1.17. The third-order valence-corrected chi connectivity index (χ3v) is 7.35. The number of pyridine rings is 1. The second-order valence-corrected chi connectivity index (χ2v) is 9.34. The number of nitrogens with zero attached hydrogens (tertiary/aromatic N) is 2. The van der Waals surface area contributed by atoms with Crippen LogP contribution in [0.5, 0.6) is 5.75 Å². The normalized spacial score (nSPS) is 16.6. The van der Waals surface area contributed by atoms with Crippen LogP contribution in [0.15, 0.2) is 58.4 Å². The van der Waals surface area contributed by atoms with Gasteiger partial charge in [-0.15, -0.1) is 11.8 Å². The molecule has 2 aromatic carbocycles. The molecular weight excluding hydrogens is 522 g/mol. The highest BCUT2D eigenvalue weighted by Gasteiger charge is 2.36. The predicted octanol–water partition coefficient (Wildman–Crippen LogP) is 5.34. The van der Waals surface area contributed by atoms with Crippen molar-refractivity contribution in [2.75, 3.05) is 11.7 Å². The van der Waals surface area contributed by atoms with E-state index in [1.54, 1.807) is 17.1 Å². The largest absolute Gasteiger partial charge is 0.502 e. The Morgan fingerprint density at radius 2 is 1.81 bits per heavy atom. The van der Waals surface area contributed by atoms with Crippen molar-refractivity contribution in [1.29, 1.82) is 0 Å². The molecule has 0 aliphatic carbocycles. The standard InChI is InChI=1S/C21H15ClFN3O3S.C3H5F3/c22-14-5-1-4-12-17(11-3-2-6-15(23)13(11)9-30-20(12)14)26-10-24-21(29)18-19(28)16(27)7-8-25(18)26;1-2-3(4,5)6/h1-8,17,28H,9-10H2,(H,24,29);2H2,1H3/t17-;/m1./s1. The highest BCUT2D eigenvalue weighted by molar-refractivity contribution is 7.98. The molecule has 0 spiro atoms. The average Bonchev–Trinajstić information content (AvgIpc) is 3.00. The second kappa shape index (κ2) is 10.1. The molecule has 2 aliphatic rings. The molecule has 0 radical (unpaired) electrons. The third kappa shape index (κ3) is 4.90. The summed E-state index contributed by atoms with van der Waals surface area (Å²) in [5.74, 6) is -1.11. The van der Waals surface area contributed by atoms with Crippen molar-refractivity contribution < 1.29 is 27.5 Å². The van der Waals surface area contributed by atoms with Gasteiger partial charge in [-0.05, 0) is 23.3 Å². The molecule has 5 rings (SSSR count). The van der Waals surface area contributed by atoms with E-state index in [-0.39, 0.29) is 18.2 Å². The maximum absolute atomic E-state index is 14.8. The predicted molar refractivity (Wildman–Crippen MR) is 129 cm³/mol. The number of hydrogen-bond donors (Lipinski definition) is 2. The van der Waals surface area contributed by atoms with Gasteiger partial charge in [-0.1, -0.05) is 42.8 Å². The molecule has 36 heavy (non-hydrogen) atoms. The lowest BCUT2D eigenvalue weighted by molar-refractivity contribution is -0.130. The summed E-state index contributed by atoms with van der Waals surface area (Å²) < 4.78 is 48.6. The number of fused-ring (bicyclic) bond motifs is 3. The molecule has 1 atom stereocenters. The van der Waals surface area contributed by atoms with Crippen LogP contribution in [0.3, 0.4) is 0 Å². The van der Waals surface area contributed by atoms with Crippen LogP contribution in [0.2, 0.25) is 5.02 Å². The number of aromatic nitrogens is 1. The molecule has 1 amide bonds. The molecule has 2 N–H and O–H groups in total. The van der Waals surface area contributed by atoms with Crippen LogP contribution < -0.4 is 15.8 Å². The van der Waals surface area contributed by atoms with Crippen LogP contribution in [-0.2, 0) is 5.75 Å². The van der Waals surface area contributed by atoms with Crippen LogP contribution in [0.1, 0.15) is 46.6 Å². The first-order valence-electron chi connectivity index (χ1n) is 10.8. The van der Waals surface area contributed by atoms with Crippen molar-refractivity contribution in [1.82, 2.24) is 9.99 Å². The number of nitrogens with one attached hydrogen (secondary N) is 1. The Hall–Kier alpha value is -3.18. The SMILES string of the molecule is CCC(F)(F)F.O=C1NCN([C@@H]2c3cccc(F)c3CSc3c(Cl)cccc32)n2ccc(=O)c(O)c21. The van der Waals surface area contributed by atoms with E-state index in [1.807, 2.05) is 18.2 Å². The number of aromatic hydroxyl groups is 1. The van der Waals surface area contributed by atoms with E-state index in [1.165, 1.54) is 34.8 Å². The summed E-state index contributed by atoms with van der Waals surface area (Å²) in [4.78, 5) is 25.2. The zero-order valence-electron chi connectivity index (χ0n) is 18.8. The minimum atomic E-state index is -3.96. The fourth-order valence-electron chi connectivity index (χ4n) is 3.98. The fraction of sp³-hybridized carbons (Fsp3) is 0.250. The average molecular weight is 542 g/mol. The minimum absolute atomic E-state index is 0.0887. The highest BCUT2D eigenvalue weighted by Crippen LogP contribution is 2.45. The zero-order chi connectivity index (χ0) is 26.2. The number of thioether (sulfide) groups is 1. The molecule has 3 heterocycles. The molecular formula is C24H20ClF4N3O3S. The van der Waals surface area contributed by atoms with E-state index in [2.05, 4.69) is 5.32 Å². The number of hydrogen-bond acceptors (Lipinski definition) is 5. The third-order valence-electron chi connectivity index (χ3n) is 5.75. The van der Waals surface area contributed by atoms with Gasteiger partial charge in [0.25, 0.3) is 5.91 Å². The summed E-state index contributed by atoms with van der Waals surface area (Å²) in [5.41, 5.74) is 1.31. The Balaban J connectivity index is 0.000000455. The van der Waals surface area contributed by atoms with E-state index < -0.39 is 35.7 Å².